The Kier molecular flexibility index (Phi) is 9.35. The zero-order chi connectivity index (χ0) is 21.2. The summed E-state index contributed by atoms with van der Waals surface area (Å²) in [5, 5.41) is 10.3. The van der Waals surface area contributed by atoms with Crippen LogP contribution in [0.1, 0.15) is 44.9 Å². The molecule has 1 aromatic carbocycles. The van der Waals surface area contributed by atoms with Gasteiger partial charge in [0, 0.05) is 44.5 Å². The van der Waals surface area contributed by atoms with Gasteiger partial charge in [-0.05, 0) is 42.2 Å². The van der Waals surface area contributed by atoms with E-state index in [9.17, 15) is 14.3 Å². The molecule has 0 aliphatic carbocycles. The van der Waals surface area contributed by atoms with E-state index in [2.05, 4.69) is 29.4 Å². The maximum absolute atomic E-state index is 13.1. The number of hydrogen-bond acceptors (Lipinski definition) is 4. The first-order valence-corrected chi connectivity index (χ1v) is 10.3. The third-order valence-corrected chi connectivity index (χ3v) is 4.56. The number of aliphatic hydroxyl groups is 1. The minimum Gasteiger partial charge on any atom is -0.463 e. The van der Waals surface area contributed by atoms with Crippen LogP contribution in [0.25, 0.3) is 0 Å². The van der Waals surface area contributed by atoms with Crippen LogP contribution in [0.5, 0.6) is 0 Å². The summed E-state index contributed by atoms with van der Waals surface area (Å²) in [6, 6.07) is 10.6. The van der Waals surface area contributed by atoms with Crippen molar-refractivity contribution in [1.82, 2.24) is 9.47 Å². The van der Waals surface area contributed by atoms with Gasteiger partial charge in [-0.1, -0.05) is 32.9 Å². The van der Waals surface area contributed by atoms with E-state index >= 15 is 0 Å². The van der Waals surface area contributed by atoms with Crippen molar-refractivity contribution in [2.45, 2.75) is 52.8 Å². The van der Waals surface area contributed by atoms with Crippen LogP contribution in [0.15, 0.2) is 42.6 Å². The molecule has 0 amide bonds. The molecule has 160 valence electrons. The highest BCUT2D eigenvalue weighted by Crippen LogP contribution is 2.13. The highest BCUT2D eigenvalue weighted by molar-refractivity contribution is 5.69. The molecule has 29 heavy (non-hydrogen) atoms. The summed E-state index contributed by atoms with van der Waals surface area (Å²) in [6.45, 7) is 8.80. The second-order valence-corrected chi connectivity index (χ2v) is 7.93. The molecule has 1 unspecified atom stereocenters. The summed E-state index contributed by atoms with van der Waals surface area (Å²) in [7, 11) is 0. The van der Waals surface area contributed by atoms with E-state index in [0.29, 0.717) is 32.0 Å². The first-order valence-electron chi connectivity index (χ1n) is 10.3. The summed E-state index contributed by atoms with van der Waals surface area (Å²) >= 11 is 0. The SMILES string of the molecule is CCCC(=O)OCC(O)CN(Cc1cccn1Cc1ccc(F)cc1)CC(C)C. The topological polar surface area (TPSA) is 54.7 Å². The molecule has 5 nitrogen and oxygen atoms in total. The number of carbonyl (C=O) groups excluding carboxylic acids is 1. The van der Waals surface area contributed by atoms with Crippen molar-refractivity contribution in [3.8, 4) is 0 Å². The van der Waals surface area contributed by atoms with Crippen LogP contribution in [0.2, 0.25) is 0 Å². The molecule has 0 saturated heterocycles. The van der Waals surface area contributed by atoms with Crippen molar-refractivity contribution >= 4 is 5.97 Å². The van der Waals surface area contributed by atoms with Crippen LogP contribution >= 0.6 is 0 Å². The quantitative estimate of drug-likeness (QED) is 0.546. The molecule has 2 rings (SSSR count). The monoisotopic (exact) mass is 404 g/mol. The Bertz CT molecular complexity index is 743. The molecule has 0 aliphatic heterocycles. The summed E-state index contributed by atoms with van der Waals surface area (Å²) < 4.78 is 20.4. The van der Waals surface area contributed by atoms with Gasteiger partial charge in [-0.3, -0.25) is 9.69 Å². The average molecular weight is 405 g/mol. The largest absolute Gasteiger partial charge is 0.463 e. The van der Waals surface area contributed by atoms with E-state index in [1.807, 2.05) is 19.2 Å². The van der Waals surface area contributed by atoms with E-state index in [-0.39, 0.29) is 18.4 Å². The minimum absolute atomic E-state index is 0.0179. The molecule has 0 bridgehead atoms. The van der Waals surface area contributed by atoms with Crippen molar-refractivity contribution in [2.24, 2.45) is 5.92 Å². The zero-order valence-electron chi connectivity index (χ0n) is 17.7. The molecule has 0 saturated carbocycles. The standard InChI is InChI=1S/C23H33FN2O3/c1-4-6-23(28)29-17-22(27)16-25(13-18(2)3)15-21-7-5-12-26(21)14-19-8-10-20(24)11-9-19/h5,7-12,18,22,27H,4,6,13-17H2,1-3H3. The molecular formula is C23H33FN2O3. The number of nitrogens with zero attached hydrogens (tertiary/aromatic N) is 2. The Morgan fingerprint density at radius 3 is 2.59 bits per heavy atom. The molecule has 1 aromatic heterocycles. The normalized spacial score (nSPS) is 12.5. The molecule has 1 atom stereocenters. The van der Waals surface area contributed by atoms with E-state index in [4.69, 9.17) is 4.74 Å². The first-order chi connectivity index (χ1) is 13.9. The fourth-order valence-corrected chi connectivity index (χ4v) is 3.30. The number of hydrogen-bond donors (Lipinski definition) is 1. The summed E-state index contributed by atoms with van der Waals surface area (Å²) in [4.78, 5) is 13.7. The summed E-state index contributed by atoms with van der Waals surface area (Å²) in [6.07, 6.45) is 2.39. The smallest absolute Gasteiger partial charge is 0.305 e. The van der Waals surface area contributed by atoms with Gasteiger partial charge in [-0.25, -0.2) is 4.39 Å². The Hall–Kier alpha value is -2.18. The predicted octanol–water partition coefficient (Wildman–Crippen LogP) is 3.84. The molecule has 0 aliphatic rings. The number of carbonyl (C=O) groups is 1. The molecule has 0 fully saturated rings. The van der Waals surface area contributed by atoms with Gasteiger partial charge in [0.1, 0.15) is 18.5 Å². The summed E-state index contributed by atoms with van der Waals surface area (Å²) in [5.74, 6) is -0.0706. The van der Waals surface area contributed by atoms with Gasteiger partial charge in [0.25, 0.3) is 0 Å². The Balaban J connectivity index is 1.98. The van der Waals surface area contributed by atoms with Gasteiger partial charge in [-0.2, -0.15) is 0 Å². The average Bonchev–Trinajstić information content (AvgIpc) is 3.08. The zero-order valence-corrected chi connectivity index (χ0v) is 17.7. The fourth-order valence-electron chi connectivity index (χ4n) is 3.30. The van der Waals surface area contributed by atoms with Gasteiger partial charge in [0.2, 0.25) is 0 Å². The van der Waals surface area contributed by atoms with Gasteiger partial charge in [-0.15, -0.1) is 0 Å². The molecule has 1 heterocycles. The lowest BCUT2D eigenvalue weighted by Gasteiger charge is -2.27. The molecule has 0 radical (unpaired) electrons. The van der Waals surface area contributed by atoms with Crippen LogP contribution in [0.4, 0.5) is 4.39 Å². The van der Waals surface area contributed by atoms with Crippen molar-refractivity contribution < 1.29 is 19.0 Å². The Morgan fingerprint density at radius 1 is 1.21 bits per heavy atom. The second kappa shape index (κ2) is 11.7. The lowest BCUT2D eigenvalue weighted by atomic mass is 10.2. The van der Waals surface area contributed by atoms with Crippen molar-refractivity contribution in [1.29, 1.82) is 0 Å². The highest BCUT2D eigenvalue weighted by Gasteiger charge is 2.17. The molecular weight excluding hydrogens is 371 g/mol. The van der Waals surface area contributed by atoms with Gasteiger partial charge in [0.15, 0.2) is 0 Å². The maximum Gasteiger partial charge on any atom is 0.305 e. The number of ether oxygens (including phenoxy) is 1. The number of halogens is 1. The van der Waals surface area contributed by atoms with Crippen LogP contribution in [0.3, 0.4) is 0 Å². The number of benzene rings is 1. The lowest BCUT2D eigenvalue weighted by Crippen LogP contribution is -2.37. The maximum atomic E-state index is 13.1. The van der Waals surface area contributed by atoms with Crippen LogP contribution in [0, 0.1) is 11.7 Å². The third kappa shape index (κ3) is 8.38. The number of esters is 1. The van der Waals surface area contributed by atoms with Gasteiger partial charge < -0.3 is 14.4 Å². The first kappa shape index (κ1) is 23.1. The van der Waals surface area contributed by atoms with Crippen LogP contribution in [-0.4, -0.2) is 46.3 Å². The van der Waals surface area contributed by atoms with E-state index in [0.717, 1.165) is 24.2 Å². The summed E-state index contributed by atoms with van der Waals surface area (Å²) in [5.41, 5.74) is 2.15. The van der Waals surface area contributed by atoms with Crippen molar-refractivity contribution in [3.63, 3.8) is 0 Å². The Morgan fingerprint density at radius 2 is 1.93 bits per heavy atom. The number of rotatable bonds is 12. The van der Waals surface area contributed by atoms with Crippen molar-refractivity contribution in [3.05, 3.63) is 59.7 Å². The predicted molar refractivity (Wildman–Crippen MR) is 112 cm³/mol. The van der Waals surface area contributed by atoms with Gasteiger partial charge in [0.05, 0.1) is 0 Å². The van der Waals surface area contributed by atoms with Crippen LogP contribution < -0.4 is 0 Å². The highest BCUT2D eigenvalue weighted by atomic mass is 19.1. The minimum atomic E-state index is -0.727. The second-order valence-electron chi connectivity index (χ2n) is 7.93. The Labute approximate surface area is 173 Å². The molecule has 6 heteroatoms. The van der Waals surface area contributed by atoms with E-state index in [1.54, 1.807) is 12.1 Å². The van der Waals surface area contributed by atoms with Gasteiger partial charge >= 0.3 is 5.97 Å². The van der Waals surface area contributed by atoms with E-state index in [1.165, 1.54) is 12.1 Å². The number of aromatic nitrogens is 1. The fraction of sp³-hybridized carbons (Fsp3) is 0.522. The number of aliphatic hydroxyl groups excluding tert-OH is 1. The molecule has 1 N–H and O–H groups in total. The molecule has 2 aromatic rings. The van der Waals surface area contributed by atoms with E-state index < -0.39 is 6.10 Å². The van der Waals surface area contributed by atoms with Crippen LogP contribution in [-0.2, 0) is 22.6 Å². The lowest BCUT2D eigenvalue weighted by molar-refractivity contribution is -0.147. The van der Waals surface area contributed by atoms with Crippen molar-refractivity contribution in [2.75, 3.05) is 19.7 Å². The molecule has 0 spiro atoms. The third-order valence-electron chi connectivity index (χ3n) is 4.56.